The van der Waals surface area contributed by atoms with Crippen molar-refractivity contribution in [2.24, 2.45) is 9.98 Å². The molecular weight excluding hydrogens is 236 g/mol. The van der Waals surface area contributed by atoms with Gasteiger partial charge in [0.1, 0.15) is 0 Å². The van der Waals surface area contributed by atoms with E-state index in [0.717, 1.165) is 11.1 Å². The number of nitrogens with zero attached hydrogens (tertiary/aromatic N) is 2. The average molecular weight is 248 g/mol. The first kappa shape index (κ1) is 11.5. The highest BCUT2D eigenvalue weighted by atomic mass is 16.1. The lowest BCUT2D eigenvalue weighted by Crippen LogP contribution is -2.06. The summed E-state index contributed by atoms with van der Waals surface area (Å²) in [4.78, 5) is 20.6. The molecule has 0 unspecified atom stereocenters. The van der Waals surface area contributed by atoms with Gasteiger partial charge in [0.05, 0.1) is 17.1 Å². The van der Waals surface area contributed by atoms with Crippen molar-refractivity contribution in [1.29, 1.82) is 0 Å². The van der Waals surface area contributed by atoms with Gasteiger partial charge in [-0.25, -0.2) is 4.99 Å². The van der Waals surface area contributed by atoms with Crippen molar-refractivity contribution in [3.05, 3.63) is 59.7 Å². The first-order valence-electron chi connectivity index (χ1n) is 6.05. The van der Waals surface area contributed by atoms with Gasteiger partial charge >= 0.3 is 0 Å². The molecule has 3 heteroatoms. The molecule has 19 heavy (non-hydrogen) atoms. The Kier molecular flexibility index (Phi) is 2.80. The van der Waals surface area contributed by atoms with E-state index in [4.69, 9.17) is 0 Å². The zero-order chi connectivity index (χ0) is 13.2. The molecule has 1 aliphatic rings. The Balaban J connectivity index is 2.04. The molecule has 0 spiro atoms. The predicted octanol–water partition coefficient (Wildman–Crippen LogP) is 3.53. The van der Waals surface area contributed by atoms with Crippen LogP contribution in [0.1, 0.15) is 15.9 Å². The van der Waals surface area contributed by atoms with Gasteiger partial charge in [0.15, 0.2) is 0 Å². The Morgan fingerprint density at radius 2 is 1.63 bits per heavy atom. The third kappa shape index (κ3) is 1.99. The van der Waals surface area contributed by atoms with E-state index >= 15 is 0 Å². The fraction of sp³-hybridized carbons (Fsp3) is 0.0625. The molecule has 0 bridgehead atoms. The van der Waals surface area contributed by atoms with Crippen LogP contribution >= 0.6 is 0 Å². The number of para-hydroxylation sites is 2. The normalized spacial score (nSPS) is 15.6. The van der Waals surface area contributed by atoms with E-state index in [1.165, 1.54) is 0 Å². The Morgan fingerprint density at radius 1 is 0.947 bits per heavy atom. The second kappa shape index (κ2) is 4.61. The van der Waals surface area contributed by atoms with Crippen molar-refractivity contribution in [2.45, 2.75) is 6.42 Å². The van der Waals surface area contributed by atoms with Gasteiger partial charge in [-0.05, 0) is 24.4 Å². The molecule has 0 aliphatic heterocycles. The van der Waals surface area contributed by atoms with Crippen LogP contribution in [0.15, 0.2) is 58.5 Å². The van der Waals surface area contributed by atoms with Crippen molar-refractivity contribution < 1.29 is 4.79 Å². The summed E-state index contributed by atoms with van der Waals surface area (Å²) in [6.45, 7) is 3.52. The van der Waals surface area contributed by atoms with Crippen LogP contribution in [-0.4, -0.2) is 18.2 Å². The van der Waals surface area contributed by atoms with Gasteiger partial charge in [-0.1, -0.05) is 36.4 Å². The summed E-state index contributed by atoms with van der Waals surface area (Å²) in [5.74, 6) is 0.00876. The number of carbonyl (C=O) groups is 1. The van der Waals surface area contributed by atoms with Crippen LogP contribution in [0.3, 0.4) is 0 Å². The molecule has 0 amide bonds. The number of hydrogen-bond donors (Lipinski definition) is 0. The SMILES string of the molecule is C=Nc1ccccc1N=C1Cc2ccccc2C1=O. The second-order valence-corrected chi connectivity index (χ2v) is 4.37. The van der Waals surface area contributed by atoms with Gasteiger partial charge in [0.25, 0.3) is 0 Å². The number of hydrogen-bond acceptors (Lipinski definition) is 3. The number of ketones is 1. The molecule has 0 aromatic heterocycles. The number of Topliss-reactive ketones (excluding diaryl/α,β-unsaturated/α-hetero) is 1. The lowest BCUT2D eigenvalue weighted by Gasteiger charge is -2.00. The summed E-state index contributed by atoms with van der Waals surface area (Å²) in [5, 5.41) is 0. The lowest BCUT2D eigenvalue weighted by atomic mass is 10.1. The minimum Gasteiger partial charge on any atom is -0.287 e. The van der Waals surface area contributed by atoms with Crippen LogP contribution in [0.5, 0.6) is 0 Å². The lowest BCUT2D eigenvalue weighted by molar-refractivity contribution is 0.106. The number of carbonyl (C=O) groups excluding carboxylic acids is 1. The number of aliphatic imine (C=N–C) groups is 2. The fourth-order valence-electron chi connectivity index (χ4n) is 2.24. The molecule has 3 nitrogen and oxygen atoms in total. The molecular formula is C16H12N2O. The van der Waals surface area contributed by atoms with E-state index in [1.54, 1.807) is 0 Å². The Morgan fingerprint density at radius 3 is 2.37 bits per heavy atom. The highest BCUT2D eigenvalue weighted by Crippen LogP contribution is 2.29. The van der Waals surface area contributed by atoms with Gasteiger partial charge < -0.3 is 0 Å². The number of fused-ring (bicyclic) bond motifs is 1. The quantitative estimate of drug-likeness (QED) is 0.749. The van der Waals surface area contributed by atoms with E-state index in [1.807, 2.05) is 48.5 Å². The minimum absolute atomic E-state index is 0.00876. The Bertz CT molecular complexity index is 701. The zero-order valence-corrected chi connectivity index (χ0v) is 10.3. The average Bonchev–Trinajstić information content (AvgIpc) is 2.77. The third-order valence-electron chi connectivity index (χ3n) is 3.19. The van der Waals surface area contributed by atoms with Gasteiger partial charge in [-0.3, -0.25) is 9.79 Å². The minimum atomic E-state index is 0.00876. The second-order valence-electron chi connectivity index (χ2n) is 4.37. The van der Waals surface area contributed by atoms with Crippen molar-refractivity contribution in [3.8, 4) is 0 Å². The molecule has 0 fully saturated rings. The van der Waals surface area contributed by atoms with E-state index in [-0.39, 0.29) is 5.78 Å². The molecule has 0 atom stereocenters. The summed E-state index contributed by atoms with van der Waals surface area (Å²) in [7, 11) is 0. The molecule has 92 valence electrons. The van der Waals surface area contributed by atoms with E-state index < -0.39 is 0 Å². The van der Waals surface area contributed by atoms with Gasteiger partial charge in [0, 0.05) is 12.0 Å². The summed E-state index contributed by atoms with van der Waals surface area (Å²) in [5.41, 5.74) is 3.74. The summed E-state index contributed by atoms with van der Waals surface area (Å²) < 4.78 is 0. The topological polar surface area (TPSA) is 41.8 Å². The van der Waals surface area contributed by atoms with Gasteiger partial charge in [-0.15, -0.1) is 0 Å². The Labute approximate surface area is 111 Å². The molecule has 0 N–H and O–H groups in total. The monoisotopic (exact) mass is 248 g/mol. The van der Waals surface area contributed by atoms with Gasteiger partial charge in [0.2, 0.25) is 5.78 Å². The molecule has 1 aliphatic carbocycles. The summed E-state index contributed by atoms with van der Waals surface area (Å²) >= 11 is 0. The zero-order valence-electron chi connectivity index (χ0n) is 10.3. The van der Waals surface area contributed by atoms with E-state index in [0.29, 0.717) is 23.5 Å². The molecule has 0 radical (unpaired) electrons. The molecule has 2 aromatic carbocycles. The van der Waals surface area contributed by atoms with Crippen LogP contribution in [0, 0.1) is 0 Å². The number of benzene rings is 2. The Hall–Kier alpha value is -2.55. The standard InChI is InChI=1S/C16H12N2O/c1-17-13-8-4-5-9-14(13)18-15-10-11-6-2-3-7-12(11)16(15)19/h2-9H,1,10H2. The van der Waals surface area contributed by atoms with Crippen molar-refractivity contribution >= 4 is 29.6 Å². The smallest absolute Gasteiger partial charge is 0.207 e. The maximum Gasteiger partial charge on any atom is 0.207 e. The van der Waals surface area contributed by atoms with Crippen LogP contribution < -0.4 is 0 Å². The molecule has 0 heterocycles. The van der Waals surface area contributed by atoms with Crippen molar-refractivity contribution in [3.63, 3.8) is 0 Å². The van der Waals surface area contributed by atoms with Gasteiger partial charge in [-0.2, -0.15) is 0 Å². The molecule has 2 aromatic rings. The summed E-state index contributed by atoms with van der Waals surface area (Å²) in [6.07, 6.45) is 0.584. The molecule has 3 rings (SSSR count). The highest BCUT2D eigenvalue weighted by molar-refractivity contribution is 6.49. The first-order valence-corrected chi connectivity index (χ1v) is 6.05. The largest absolute Gasteiger partial charge is 0.287 e. The van der Waals surface area contributed by atoms with Crippen LogP contribution in [0.25, 0.3) is 0 Å². The highest BCUT2D eigenvalue weighted by Gasteiger charge is 2.25. The maximum absolute atomic E-state index is 12.2. The van der Waals surface area contributed by atoms with Crippen LogP contribution in [-0.2, 0) is 6.42 Å². The molecule has 0 saturated carbocycles. The van der Waals surface area contributed by atoms with E-state index in [2.05, 4.69) is 16.7 Å². The maximum atomic E-state index is 12.2. The van der Waals surface area contributed by atoms with Crippen LogP contribution in [0.2, 0.25) is 0 Å². The van der Waals surface area contributed by atoms with Crippen molar-refractivity contribution in [1.82, 2.24) is 0 Å². The van der Waals surface area contributed by atoms with E-state index in [9.17, 15) is 4.79 Å². The fourth-order valence-corrected chi connectivity index (χ4v) is 2.24. The first-order chi connectivity index (χ1) is 9.29. The third-order valence-corrected chi connectivity index (χ3v) is 3.19. The predicted molar refractivity (Wildman–Crippen MR) is 77.2 cm³/mol. The molecule has 0 saturated heterocycles. The van der Waals surface area contributed by atoms with Crippen LogP contribution in [0.4, 0.5) is 11.4 Å². The van der Waals surface area contributed by atoms with Crippen molar-refractivity contribution in [2.75, 3.05) is 0 Å². The summed E-state index contributed by atoms with van der Waals surface area (Å²) in [6, 6.07) is 15.0. The number of rotatable bonds is 2.